The van der Waals surface area contributed by atoms with Crippen LogP contribution < -0.4 is 0 Å². The number of non-ortho nitro benzene ring substituents is 1. The fraction of sp³-hybridized carbons (Fsp3) is 0.0909. The van der Waals surface area contributed by atoms with Gasteiger partial charge >= 0.3 is 0 Å². The summed E-state index contributed by atoms with van der Waals surface area (Å²) >= 11 is 0. The van der Waals surface area contributed by atoms with Crippen molar-refractivity contribution in [3.8, 4) is 11.3 Å². The summed E-state index contributed by atoms with van der Waals surface area (Å²) in [5.41, 5.74) is 4.12. The Morgan fingerprint density at radius 2 is 1.75 bits per heavy atom. The lowest BCUT2D eigenvalue weighted by atomic mass is 10.1. The average Bonchev–Trinajstić information content (AvgIpc) is 3.07. The molecule has 0 atom stereocenters. The zero-order valence-electron chi connectivity index (χ0n) is 15.2. The molecule has 4 rings (SSSR count). The van der Waals surface area contributed by atoms with E-state index in [0.717, 1.165) is 22.0 Å². The number of fused-ring (bicyclic) bond motifs is 1. The van der Waals surface area contributed by atoms with Crippen LogP contribution in [-0.4, -0.2) is 20.5 Å². The molecular weight excluding hydrogens is 354 g/mol. The number of aromatic nitrogens is 2. The molecule has 0 amide bonds. The highest BCUT2D eigenvalue weighted by Gasteiger charge is 2.16. The van der Waals surface area contributed by atoms with Crippen LogP contribution in [0, 0.1) is 10.1 Å². The molecule has 0 aliphatic rings. The molecule has 6 nitrogen and oxygen atoms in total. The fourth-order valence-corrected chi connectivity index (χ4v) is 3.23. The maximum absolute atomic E-state index is 11.5. The number of carbonyl (C=O) groups excluding carboxylic acids is 1. The highest BCUT2D eigenvalue weighted by atomic mass is 16.6. The smallest absolute Gasteiger partial charge is 0.270 e. The van der Waals surface area contributed by atoms with Crippen LogP contribution in [0.5, 0.6) is 0 Å². The Morgan fingerprint density at radius 3 is 2.39 bits per heavy atom. The zero-order chi connectivity index (χ0) is 19.7. The second kappa shape index (κ2) is 7.08. The lowest BCUT2D eigenvalue weighted by molar-refractivity contribution is -0.384. The van der Waals surface area contributed by atoms with Crippen LogP contribution in [0.1, 0.15) is 22.8 Å². The molecule has 1 heterocycles. The molecule has 0 saturated carbocycles. The first-order valence-corrected chi connectivity index (χ1v) is 8.83. The van der Waals surface area contributed by atoms with Gasteiger partial charge in [-0.1, -0.05) is 54.6 Å². The van der Waals surface area contributed by atoms with Crippen molar-refractivity contribution in [1.82, 2.24) is 9.78 Å². The fourth-order valence-electron chi connectivity index (χ4n) is 3.23. The lowest BCUT2D eigenvalue weighted by Crippen LogP contribution is -2.02. The zero-order valence-corrected chi connectivity index (χ0v) is 15.2. The minimum atomic E-state index is -0.397. The molecule has 0 N–H and O–H groups in total. The summed E-state index contributed by atoms with van der Waals surface area (Å²) in [6.45, 7) is 2.04. The molecule has 138 valence electrons. The van der Waals surface area contributed by atoms with E-state index in [1.807, 2.05) is 47.1 Å². The number of hydrogen-bond acceptors (Lipinski definition) is 4. The molecule has 0 bridgehead atoms. The van der Waals surface area contributed by atoms with E-state index < -0.39 is 4.92 Å². The first-order chi connectivity index (χ1) is 13.5. The van der Waals surface area contributed by atoms with Gasteiger partial charge in [-0.05, 0) is 18.6 Å². The summed E-state index contributed by atoms with van der Waals surface area (Å²) in [6.07, 6.45) is 0. The SMILES string of the molecule is CC(=O)c1ccc(Cn2nc(-c3ccccc3)c3cc([N+](=O)[O-])ccc32)cc1. The van der Waals surface area contributed by atoms with E-state index in [4.69, 9.17) is 5.10 Å². The van der Waals surface area contributed by atoms with Gasteiger partial charge < -0.3 is 0 Å². The van der Waals surface area contributed by atoms with E-state index in [0.29, 0.717) is 17.8 Å². The molecule has 3 aromatic carbocycles. The first-order valence-electron chi connectivity index (χ1n) is 8.83. The van der Waals surface area contributed by atoms with Crippen LogP contribution in [0.15, 0.2) is 72.8 Å². The molecule has 6 heteroatoms. The van der Waals surface area contributed by atoms with E-state index in [-0.39, 0.29) is 11.5 Å². The van der Waals surface area contributed by atoms with Gasteiger partial charge in [0.05, 0.1) is 17.0 Å². The van der Waals surface area contributed by atoms with Gasteiger partial charge in [-0.25, -0.2) is 0 Å². The van der Waals surface area contributed by atoms with Crippen LogP contribution in [0.2, 0.25) is 0 Å². The molecule has 0 unspecified atom stereocenters. The maximum atomic E-state index is 11.5. The predicted molar refractivity (Wildman–Crippen MR) is 107 cm³/mol. The summed E-state index contributed by atoms with van der Waals surface area (Å²) in [5, 5.41) is 16.7. The van der Waals surface area contributed by atoms with Gasteiger partial charge in [0.2, 0.25) is 0 Å². The topological polar surface area (TPSA) is 78.0 Å². The van der Waals surface area contributed by atoms with Crippen molar-refractivity contribution in [3.05, 3.63) is 94.0 Å². The van der Waals surface area contributed by atoms with Crippen molar-refractivity contribution in [2.75, 3.05) is 0 Å². The summed E-state index contributed by atoms with van der Waals surface area (Å²) in [7, 11) is 0. The Balaban J connectivity index is 1.82. The quantitative estimate of drug-likeness (QED) is 0.285. The Labute approximate surface area is 161 Å². The van der Waals surface area contributed by atoms with Crippen LogP contribution in [0.3, 0.4) is 0 Å². The minimum Gasteiger partial charge on any atom is -0.295 e. The lowest BCUT2D eigenvalue weighted by Gasteiger charge is -2.05. The van der Waals surface area contributed by atoms with Gasteiger partial charge in [-0.3, -0.25) is 19.6 Å². The van der Waals surface area contributed by atoms with Crippen LogP contribution >= 0.6 is 0 Å². The third kappa shape index (κ3) is 3.27. The molecule has 0 aliphatic carbocycles. The van der Waals surface area contributed by atoms with Gasteiger partial charge in [0, 0.05) is 28.6 Å². The minimum absolute atomic E-state index is 0.0229. The second-order valence-corrected chi connectivity index (χ2v) is 6.58. The van der Waals surface area contributed by atoms with Crippen molar-refractivity contribution in [2.45, 2.75) is 13.5 Å². The number of benzene rings is 3. The van der Waals surface area contributed by atoms with Gasteiger partial charge in [0.15, 0.2) is 5.78 Å². The van der Waals surface area contributed by atoms with E-state index in [1.165, 1.54) is 13.0 Å². The van der Waals surface area contributed by atoms with Crippen LogP contribution in [-0.2, 0) is 6.54 Å². The average molecular weight is 371 g/mol. The Bertz CT molecular complexity index is 1180. The van der Waals surface area contributed by atoms with Crippen molar-refractivity contribution in [2.24, 2.45) is 0 Å². The Morgan fingerprint density at radius 1 is 1.04 bits per heavy atom. The highest BCUT2D eigenvalue weighted by molar-refractivity contribution is 5.95. The second-order valence-electron chi connectivity index (χ2n) is 6.58. The normalized spacial score (nSPS) is 10.9. The van der Waals surface area contributed by atoms with Crippen LogP contribution in [0.25, 0.3) is 22.2 Å². The van der Waals surface area contributed by atoms with Gasteiger partial charge in [-0.2, -0.15) is 5.10 Å². The molecule has 0 spiro atoms. The molecule has 28 heavy (non-hydrogen) atoms. The number of Topliss-reactive ketones (excluding diaryl/α,β-unsaturated/α-hetero) is 1. The third-order valence-corrected chi connectivity index (χ3v) is 4.68. The highest BCUT2D eigenvalue weighted by Crippen LogP contribution is 2.31. The molecule has 4 aromatic rings. The number of nitro benzene ring substituents is 1. The van der Waals surface area contributed by atoms with Crippen molar-refractivity contribution >= 4 is 22.4 Å². The molecular formula is C22H17N3O3. The Kier molecular flexibility index (Phi) is 4.45. The number of hydrogen-bond donors (Lipinski definition) is 0. The number of rotatable bonds is 5. The van der Waals surface area contributed by atoms with Gasteiger partial charge in [0.1, 0.15) is 5.69 Å². The summed E-state index contributed by atoms with van der Waals surface area (Å²) < 4.78 is 1.84. The van der Waals surface area contributed by atoms with E-state index in [9.17, 15) is 14.9 Å². The first kappa shape index (κ1) is 17.6. The number of ketones is 1. The van der Waals surface area contributed by atoms with E-state index in [1.54, 1.807) is 24.3 Å². The monoisotopic (exact) mass is 371 g/mol. The molecule has 0 saturated heterocycles. The molecule has 0 fully saturated rings. The van der Waals surface area contributed by atoms with E-state index >= 15 is 0 Å². The number of nitro groups is 1. The van der Waals surface area contributed by atoms with Crippen molar-refractivity contribution in [3.63, 3.8) is 0 Å². The number of carbonyl (C=O) groups is 1. The molecule has 0 aliphatic heterocycles. The summed E-state index contributed by atoms with van der Waals surface area (Å²) in [6, 6.07) is 21.8. The summed E-state index contributed by atoms with van der Waals surface area (Å²) in [4.78, 5) is 22.3. The maximum Gasteiger partial charge on any atom is 0.270 e. The largest absolute Gasteiger partial charge is 0.295 e. The van der Waals surface area contributed by atoms with Crippen LogP contribution in [0.4, 0.5) is 5.69 Å². The van der Waals surface area contributed by atoms with Gasteiger partial charge in [0.25, 0.3) is 5.69 Å². The molecule has 0 radical (unpaired) electrons. The standard InChI is InChI=1S/C22H17N3O3/c1-15(26)17-9-7-16(8-10-17)14-24-21-12-11-19(25(27)28)13-20(21)22(23-24)18-5-3-2-4-6-18/h2-13H,14H2,1H3. The van der Waals surface area contributed by atoms with E-state index in [2.05, 4.69) is 0 Å². The summed E-state index contributed by atoms with van der Waals surface area (Å²) in [5.74, 6) is 0.0229. The third-order valence-electron chi connectivity index (χ3n) is 4.68. The Hall–Kier alpha value is -3.80. The molecule has 1 aromatic heterocycles. The number of nitrogens with zero attached hydrogens (tertiary/aromatic N) is 3. The van der Waals surface area contributed by atoms with Crippen molar-refractivity contribution in [1.29, 1.82) is 0 Å². The predicted octanol–water partition coefficient (Wildman–Crippen LogP) is 4.86. The van der Waals surface area contributed by atoms with Crippen molar-refractivity contribution < 1.29 is 9.72 Å². The van der Waals surface area contributed by atoms with Gasteiger partial charge in [-0.15, -0.1) is 0 Å².